The second-order valence-corrected chi connectivity index (χ2v) is 23.4. The van der Waals surface area contributed by atoms with Crippen LogP contribution in [-0.4, -0.2) is 150 Å². The van der Waals surface area contributed by atoms with Gasteiger partial charge in [0.2, 0.25) is 31.9 Å². The Bertz CT molecular complexity index is 3340. The zero-order valence-electron chi connectivity index (χ0n) is 46.3. The van der Waals surface area contributed by atoms with Gasteiger partial charge in [-0.25, -0.2) is 26.4 Å². The summed E-state index contributed by atoms with van der Waals surface area (Å²) in [7, 11) is -7.47. The number of benzene rings is 4. The Labute approximate surface area is 480 Å². The second kappa shape index (κ2) is 30.0. The van der Waals surface area contributed by atoms with E-state index in [1.165, 1.54) is 48.5 Å². The Hall–Kier alpha value is -8.47. The number of aromatic nitrogens is 2. The smallest absolute Gasteiger partial charge is 0.408 e. The first-order chi connectivity index (χ1) is 39.5. The largest absolute Gasteiger partial charge is 0.481 e. The summed E-state index contributed by atoms with van der Waals surface area (Å²) in [5, 5.41) is 30.9. The lowest BCUT2D eigenvalue weighted by Gasteiger charge is -2.24. The monoisotopic (exact) mass is 1190 g/mol. The molecule has 446 valence electrons. The van der Waals surface area contributed by atoms with Crippen LogP contribution in [0.5, 0.6) is 0 Å². The predicted octanol–water partition coefficient (Wildman–Crippen LogP) is 2.44. The first kappa shape index (κ1) is 63.7. The van der Waals surface area contributed by atoms with Crippen molar-refractivity contribution in [3.63, 3.8) is 0 Å². The van der Waals surface area contributed by atoms with E-state index in [1.54, 1.807) is 75.5 Å². The number of guanidine groups is 1. The molecule has 2 heterocycles. The van der Waals surface area contributed by atoms with E-state index in [0.29, 0.717) is 35.2 Å². The number of carbonyl (C=O) groups excluding carboxylic acids is 6. The number of aliphatic carboxylic acids is 1. The van der Waals surface area contributed by atoms with Crippen LogP contribution in [0.3, 0.4) is 0 Å². The maximum absolute atomic E-state index is 13.6. The van der Waals surface area contributed by atoms with Crippen molar-refractivity contribution in [3.05, 3.63) is 114 Å². The number of rotatable bonds is 29. The molecule has 0 saturated heterocycles. The summed E-state index contributed by atoms with van der Waals surface area (Å²) in [6.45, 7) is 6.69. The molecular weight excluding hydrogens is 1120 g/mol. The van der Waals surface area contributed by atoms with Crippen molar-refractivity contribution < 1.29 is 69.7 Å². The summed E-state index contributed by atoms with van der Waals surface area (Å²) >= 11 is 0. The number of carbonyl (C=O) groups is 7. The molecule has 4 amide bonds. The van der Waals surface area contributed by atoms with E-state index in [4.69, 9.17) is 14.2 Å². The molecule has 0 radical (unpaired) electrons. The number of sulfonamides is 2. The Morgan fingerprint density at radius 2 is 1.42 bits per heavy atom. The van der Waals surface area contributed by atoms with E-state index in [2.05, 4.69) is 51.4 Å². The van der Waals surface area contributed by atoms with E-state index < -0.39 is 105 Å². The predicted molar refractivity (Wildman–Crippen MR) is 303 cm³/mol. The molecule has 28 heteroatoms. The summed E-state index contributed by atoms with van der Waals surface area (Å²) in [5.41, 5.74) is 1.89. The highest BCUT2D eigenvalue weighted by atomic mass is 32.2. The fourth-order valence-corrected chi connectivity index (χ4v) is 10.4. The van der Waals surface area contributed by atoms with Crippen LogP contribution in [0.1, 0.15) is 75.2 Å². The van der Waals surface area contributed by atoms with Crippen LogP contribution in [0, 0.1) is 0 Å². The van der Waals surface area contributed by atoms with Crippen molar-refractivity contribution in [1.82, 2.24) is 51.1 Å². The van der Waals surface area contributed by atoms with Crippen molar-refractivity contribution in [1.29, 1.82) is 0 Å². The van der Waals surface area contributed by atoms with Crippen molar-refractivity contribution in [2.45, 2.75) is 106 Å². The number of aliphatic imine (C=N–C) groups is 1. The number of nitrogens with one attached hydrogen (secondary N) is 8. The number of amides is 4. The number of esters is 2. The van der Waals surface area contributed by atoms with Gasteiger partial charge in [0.05, 0.1) is 28.6 Å². The lowest BCUT2D eigenvalue weighted by atomic mass is 10.1. The molecule has 0 unspecified atom stereocenters. The van der Waals surface area contributed by atoms with Crippen molar-refractivity contribution in [2.24, 2.45) is 4.99 Å². The van der Waals surface area contributed by atoms with Crippen molar-refractivity contribution in [3.8, 4) is 11.1 Å². The number of hydrogen-bond acceptors (Lipinski definition) is 18. The standard InChI is InChI=1S/C55H69N11O15S2/c1-55(2,3)81-48(69)25-22-44(64-54(74)80-35-36-10-6-5-7-11-36)51(72)63-43(21-24-47(67)68)50(71)56-29-30-62-82(75,76)41-17-12-37(13-18-41)38-14-19-42(20-15-38)83(77,78)65-45(52(73)79-4)34-60-49(70)39-16-23-46-40(32-39)33-61-66(46)31-9-28-59-53-57-26-8-27-58-53/h5-7,10-20,23,32-33,43-45,62,65H,8-9,21-22,24-31,34-35H2,1-4H3,(H,56,71)(H,60,70)(H,63,72)(H,64,74)(H,67,68)(H2,57,58,59)/t43-,44-,45-/m0/s1. The summed E-state index contributed by atoms with van der Waals surface area (Å²) in [4.78, 5) is 93.9. The number of carboxylic acids is 1. The first-order valence-corrected chi connectivity index (χ1v) is 29.5. The van der Waals surface area contributed by atoms with Gasteiger partial charge < -0.3 is 51.2 Å². The van der Waals surface area contributed by atoms with Gasteiger partial charge in [-0.2, -0.15) is 9.82 Å². The van der Waals surface area contributed by atoms with Crippen LogP contribution in [-0.2, 0) is 71.4 Å². The minimum absolute atomic E-state index is 0.143. The first-order valence-electron chi connectivity index (χ1n) is 26.6. The van der Waals surface area contributed by atoms with Crippen LogP contribution < -0.4 is 41.3 Å². The van der Waals surface area contributed by atoms with Gasteiger partial charge in [0.1, 0.15) is 30.3 Å². The third kappa shape index (κ3) is 20.2. The molecule has 0 saturated carbocycles. The third-order valence-corrected chi connectivity index (χ3v) is 15.4. The molecule has 4 aromatic carbocycles. The van der Waals surface area contributed by atoms with Crippen LogP contribution >= 0.6 is 0 Å². The van der Waals surface area contributed by atoms with Gasteiger partial charge in [-0.3, -0.25) is 38.4 Å². The number of hydrogen-bond donors (Lipinski definition) is 9. The van der Waals surface area contributed by atoms with Crippen LogP contribution in [0.15, 0.2) is 118 Å². The summed E-state index contributed by atoms with van der Waals surface area (Å²) in [6, 6.07) is 20.4. The Morgan fingerprint density at radius 3 is 2.06 bits per heavy atom. The molecule has 26 nitrogen and oxygen atoms in total. The average molecular weight is 1190 g/mol. The van der Waals surface area contributed by atoms with E-state index in [1.807, 2.05) is 4.68 Å². The SMILES string of the molecule is COC(=O)[C@H](CNC(=O)c1ccc2c(cnn2CCCNC2=NCCCN2)c1)NS(=O)(=O)c1ccc(-c2ccc(S(=O)(=O)NCCNC(=O)[C@H](CCC(=O)O)NC(=O)[C@H](CCC(=O)OC(C)(C)C)NC(=O)OCc3ccccc3)cc2)cc1. The molecule has 1 aromatic heterocycles. The average Bonchev–Trinajstić information content (AvgIpc) is 4.00. The summed E-state index contributed by atoms with van der Waals surface area (Å²) in [5.74, 6) is -4.48. The van der Waals surface area contributed by atoms with Gasteiger partial charge in [-0.15, -0.1) is 0 Å². The van der Waals surface area contributed by atoms with Gasteiger partial charge in [-0.1, -0.05) is 54.6 Å². The molecule has 1 aliphatic rings. The van der Waals surface area contributed by atoms with Crippen LogP contribution in [0.2, 0.25) is 0 Å². The van der Waals surface area contributed by atoms with E-state index >= 15 is 0 Å². The Morgan fingerprint density at radius 1 is 0.759 bits per heavy atom. The topological polar surface area (TPSA) is 362 Å². The minimum atomic E-state index is -4.37. The number of nitrogens with zero attached hydrogens (tertiary/aromatic N) is 3. The molecule has 83 heavy (non-hydrogen) atoms. The Kier molecular flexibility index (Phi) is 23.0. The van der Waals surface area contributed by atoms with Crippen molar-refractivity contribution in [2.75, 3.05) is 46.4 Å². The molecule has 6 rings (SSSR count). The van der Waals surface area contributed by atoms with Gasteiger partial charge in [0, 0.05) is 69.6 Å². The summed E-state index contributed by atoms with van der Waals surface area (Å²) < 4.78 is 75.6. The van der Waals surface area contributed by atoms with Crippen molar-refractivity contribution >= 4 is 78.6 Å². The third-order valence-electron chi connectivity index (χ3n) is 12.4. The molecule has 0 spiro atoms. The van der Waals surface area contributed by atoms with Crippen LogP contribution in [0.25, 0.3) is 22.0 Å². The fourth-order valence-electron chi connectivity index (χ4n) is 8.23. The second-order valence-electron chi connectivity index (χ2n) is 20.0. The maximum atomic E-state index is 13.6. The normalized spacial score (nSPS) is 13.7. The highest BCUT2D eigenvalue weighted by Gasteiger charge is 2.31. The number of carboxylic acid groups (broad SMARTS) is 1. The number of methoxy groups -OCH3 is 1. The molecule has 0 fully saturated rings. The van der Waals surface area contributed by atoms with Gasteiger partial charge in [0.15, 0.2) is 5.96 Å². The Balaban J connectivity index is 0.990. The highest BCUT2D eigenvalue weighted by molar-refractivity contribution is 7.89. The molecular formula is C55H69N11O15S2. The molecule has 1 aliphatic heterocycles. The molecule has 0 bridgehead atoms. The van der Waals surface area contributed by atoms with Crippen LogP contribution in [0.4, 0.5) is 4.79 Å². The number of aryl methyl sites for hydroxylation is 1. The fraction of sp³-hybridized carbons (Fsp3) is 0.400. The summed E-state index contributed by atoms with van der Waals surface area (Å²) in [6.07, 6.45) is 0.863. The number of alkyl carbamates (subject to hydrolysis) is 1. The lowest BCUT2D eigenvalue weighted by Crippen LogP contribution is -2.54. The number of ether oxygens (including phenoxy) is 3. The van der Waals surface area contributed by atoms with E-state index in [9.17, 15) is 55.5 Å². The molecule has 0 aliphatic carbocycles. The zero-order valence-corrected chi connectivity index (χ0v) is 47.9. The van der Waals surface area contributed by atoms with Gasteiger partial charge >= 0.3 is 24.0 Å². The zero-order chi connectivity index (χ0) is 60.2. The highest BCUT2D eigenvalue weighted by Crippen LogP contribution is 2.24. The van der Waals surface area contributed by atoms with Gasteiger partial charge in [0.25, 0.3) is 5.91 Å². The van der Waals surface area contributed by atoms with E-state index in [-0.39, 0.29) is 47.9 Å². The number of fused-ring (bicyclic) bond motifs is 1. The lowest BCUT2D eigenvalue weighted by molar-refractivity contribution is -0.155. The minimum Gasteiger partial charge on any atom is -0.481 e. The maximum Gasteiger partial charge on any atom is 0.408 e. The molecule has 9 N–H and O–H groups in total. The van der Waals surface area contributed by atoms with E-state index in [0.717, 1.165) is 44.5 Å². The molecule has 3 atom stereocenters. The molecule has 5 aromatic rings. The van der Waals surface area contributed by atoms with Gasteiger partial charge in [-0.05, 0) is 106 Å². The quantitative estimate of drug-likeness (QED) is 0.0189.